The number of anilines is 1. The molecule has 2 heterocycles. The molecule has 0 aliphatic rings. The predicted molar refractivity (Wildman–Crippen MR) is 136 cm³/mol. The van der Waals surface area contributed by atoms with Gasteiger partial charge in [-0.1, -0.05) is 30.9 Å². The number of carbonyl (C=O) groups is 1. The van der Waals surface area contributed by atoms with Gasteiger partial charge in [0.2, 0.25) is 0 Å². The number of methoxy groups -OCH3 is 1. The van der Waals surface area contributed by atoms with Crippen LogP contribution in [0.1, 0.15) is 35.0 Å². The van der Waals surface area contributed by atoms with E-state index in [1.54, 1.807) is 54.6 Å². The van der Waals surface area contributed by atoms with Crippen molar-refractivity contribution in [1.82, 2.24) is 9.97 Å². The Morgan fingerprint density at radius 2 is 1.83 bits per heavy atom. The van der Waals surface area contributed by atoms with Gasteiger partial charge < -0.3 is 9.47 Å². The van der Waals surface area contributed by atoms with Crippen LogP contribution in [0.15, 0.2) is 78.0 Å². The minimum atomic E-state index is -3.99. The SMILES string of the molecule is CCCOC(=O)c1ccc(C#Cc2ccccc2NS(=O)(=O)c2ccc(OC)c3cccnc23)cn1. The lowest BCUT2D eigenvalue weighted by molar-refractivity contribution is 0.0498. The van der Waals surface area contributed by atoms with Crippen LogP contribution in [0, 0.1) is 11.8 Å². The fourth-order valence-corrected chi connectivity index (χ4v) is 4.63. The number of benzene rings is 2. The Morgan fingerprint density at radius 1 is 1.00 bits per heavy atom. The van der Waals surface area contributed by atoms with Gasteiger partial charge in [-0.25, -0.2) is 18.2 Å². The van der Waals surface area contributed by atoms with Gasteiger partial charge in [-0.3, -0.25) is 9.71 Å². The number of esters is 1. The number of nitrogens with one attached hydrogen (secondary N) is 1. The molecule has 182 valence electrons. The summed E-state index contributed by atoms with van der Waals surface area (Å²) in [7, 11) is -2.47. The van der Waals surface area contributed by atoms with Crippen molar-refractivity contribution in [3.05, 3.63) is 89.9 Å². The van der Waals surface area contributed by atoms with Crippen molar-refractivity contribution in [2.24, 2.45) is 0 Å². The Hall–Kier alpha value is -4.42. The molecule has 2 aromatic carbocycles. The molecular formula is C27H23N3O5S. The molecule has 0 bridgehead atoms. The Balaban J connectivity index is 1.61. The normalized spacial score (nSPS) is 10.8. The van der Waals surface area contributed by atoms with Gasteiger partial charge in [-0.2, -0.15) is 0 Å². The zero-order chi connectivity index (χ0) is 25.5. The van der Waals surface area contributed by atoms with E-state index in [2.05, 4.69) is 26.5 Å². The number of rotatable bonds is 7. The van der Waals surface area contributed by atoms with Crippen molar-refractivity contribution in [2.75, 3.05) is 18.4 Å². The Morgan fingerprint density at radius 3 is 2.58 bits per heavy atom. The molecule has 9 heteroatoms. The molecule has 0 radical (unpaired) electrons. The zero-order valence-electron chi connectivity index (χ0n) is 19.7. The largest absolute Gasteiger partial charge is 0.496 e. The third-order valence-electron chi connectivity index (χ3n) is 5.12. The van der Waals surface area contributed by atoms with Crippen LogP contribution in [0.3, 0.4) is 0 Å². The molecular weight excluding hydrogens is 478 g/mol. The van der Waals surface area contributed by atoms with Gasteiger partial charge >= 0.3 is 5.97 Å². The van der Waals surface area contributed by atoms with E-state index in [1.807, 2.05) is 6.92 Å². The first kappa shape index (κ1) is 24.7. The maximum Gasteiger partial charge on any atom is 0.356 e. The van der Waals surface area contributed by atoms with Crippen LogP contribution in [-0.4, -0.2) is 38.1 Å². The van der Waals surface area contributed by atoms with E-state index < -0.39 is 16.0 Å². The number of carbonyl (C=O) groups excluding carboxylic acids is 1. The van der Waals surface area contributed by atoms with E-state index in [4.69, 9.17) is 9.47 Å². The molecule has 4 aromatic rings. The van der Waals surface area contributed by atoms with Gasteiger partial charge in [0, 0.05) is 28.9 Å². The summed E-state index contributed by atoms with van der Waals surface area (Å²) in [5, 5.41) is 0.588. The Bertz CT molecular complexity index is 1570. The minimum Gasteiger partial charge on any atom is -0.496 e. The number of sulfonamides is 1. The third kappa shape index (κ3) is 5.45. The summed E-state index contributed by atoms with van der Waals surface area (Å²) in [6.45, 7) is 2.24. The van der Waals surface area contributed by atoms with Crippen molar-refractivity contribution in [3.8, 4) is 17.6 Å². The fraction of sp³-hybridized carbons (Fsp3) is 0.148. The van der Waals surface area contributed by atoms with Crippen molar-refractivity contribution >= 4 is 32.6 Å². The number of nitrogens with zero attached hydrogens (tertiary/aromatic N) is 2. The zero-order valence-corrected chi connectivity index (χ0v) is 20.5. The summed E-state index contributed by atoms with van der Waals surface area (Å²) in [5.74, 6) is 5.97. The van der Waals surface area contributed by atoms with E-state index in [9.17, 15) is 13.2 Å². The van der Waals surface area contributed by atoms with Crippen LogP contribution in [0.4, 0.5) is 5.69 Å². The highest BCUT2D eigenvalue weighted by atomic mass is 32.2. The van der Waals surface area contributed by atoms with Crippen LogP contribution in [0.5, 0.6) is 5.75 Å². The topological polar surface area (TPSA) is 107 Å². The fourth-order valence-electron chi connectivity index (χ4n) is 3.39. The standard InChI is InChI=1S/C27H23N3O5S/c1-3-17-35-27(31)23-13-11-19(18-29-23)10-12-20-7-4-5-9-22(20)30-36(32,33)25-15-14-24(34-2)21-8-6-16-28-26(21)25/h4-9,11,13-16,18,30H,3,17H2,1-2H3. The van der Waals surface area contributed by atoms with Crippen molar-refractivity contribution in [3.63, 3.8) is 0 Å². The summed E-state index contributed by atoms with van der Waals surface area (Å²) in [4.78, 5) is 20.3. The first-order valence-electron chi connectivity index (χ1n) is 11.1. The molecule has 1 N–H and O–H groups in total. The minimum absolute atomic E-state index is 0.0245. The summed E-state index contributed by atoms with van der Waals surface area (Å²) in [5.41, 5.74) is 1.85. The molecule has 0 aliphatic carbocycles. The van der Waals surface area contributed by atoms with Crippen molar-refractivity contribution < 1.29 is 22.7 Å². The molecule has 0 spiro atoms. The van der Waals surface area contributed by atoms with Crippen LogP contribution in [0.2, 0.25) is 0 Å². The average Bonchev–Trinajstić information content (AvgIpc) is 2.90. The number of para-hydroxylation sites is 1. The molecule has 8 nitrogen and oxygen atoms in total. The molecule has 0 unspecified atom stereocenters. The van der Waals surface area contributed by atoms with E-state index in [0.29, 0.717) is 40.1 Å². The third-order valence-corrected chi connectivity index (χ3v) is 6.52. The Kier molecular flexibility index (Phi) is 7.47. The molecule has 2 aromatic heterocycles. The second-order valence-corrected chi connectivity index (χ2v) is 9.29. The lowest BCUT2D eigenvalue weighted by Gasteiger charge is -2.13. The number of ether oxygens (including phenoxy) is 2. The van der Waals surface area contributed by atoms with Gasteiger partial charge in [0.1, 0.15) is 16.3 Å². The van der Waals surface area contributed by atoms with Gasteiger partial charge in [-0.05, 0) is 55.0 Å². The number of hydrogen-bond donors (Lipinski definition) is 1. The lowest BCUT2D eigenvalue weighted by Crippen LogP contribution is -2.14. The highest BCUT2D eigenvalue weighted by Gasteiger charge is 2.21. The molecule has 0 amide bonds. The van der Waals surface area contributed by atoms with Gasteiger partial charge in [0.25, 0.3) is 10.0 Å². The van der Waals surface area contributed by atoms with Gasteiger partial charge in [0.05, 0.1) is 24.9 Å². The molecule has 0 saturated heterocycles. The number of aromatic nitrogens is 2. The number of pyridine rings is 2. The van der Waals surface area contributed by atoms with Crippen molar-refractivity contribution in [1.29, 1.82) is 0 Å². The molecule has 0 atom stereocenters. The quantitative estimate of drug-likeness (QED) is 0.295. The average molecular weight is 502 g/mol. The van der Waals surface area contributed by atoms with E-state index in [0.717, 1.165) is 6.42 Å². The summed E-state index contributed by atoms with van der Waals surface area (Å²) in [6.07, 6.45) is 3.73. The van der Waals surface area contributed by atoms with Gasteiger partial charge in [-0.15, -0.1) is 0 Å². The van der Waals surface area contributed by atoms with Crippen LogP contribution in [-0.2, 0) is 14.8 Å². The Labute approximate surface area is 209 Å². The summed E-state index contributed by atoms with van der Waals surface area (Å²) >= 11 is 0. The summed E-state index contributed by atoms with van der Waals surface area (Å²) in [6, 6.07) is 16.5. The smallest absolute Gasteiger partial charge is 0.356 e. The van der Waals surface area contributed by atoms with Crippen LogP contribution >= 0.6 is 0 Å². The van der Waals surface area contributed by atoms with E-state index in [1.165, 1.54) is 25.6 Å². The first-order chi connectivity index (χ1) is 17.4. The molecule has 0 saturated carbocycles. The molecule has 0 aliphatic heterocycles. The van der Waals surface area contributed by atoms with Crippen molar-refractivity contribution in [2.45, 2.75) is 18.2 Å². The molecule has 36 heavy (non-hydrogen) atoms. The number of fused-ring (bicyclic) bond motifs is 1. The maximum atomic E-state index is 13.3. The highest BCUT2D eigenvalue weighted by molar-refractivity contribution is 7.93. The summed E-state index contributed by atoms with van der Waals surface area (Å²) < 4.78 is 39.7. The van der Waals surface area contributed by atoms with Crippen LogP contribution in [0.25, 0.3) is 10.9 Å². The first-order valence-corrected chi connectivity index (χ1v) is 12.6. The molecule has 0 fully saturated rings. The molecule has 4 rings (SSSR count). The monoisotopic (exact) mass is 501 g/mol. The maximum absolute atomic E-state index is 13.3. The second kappa shape index (κ2) is 10.9. The predicted octanol–water partition coefficient (Wildman–Crippen LogP) is 4.41. The van der Waals surface area contributed by atoms with E-state index >= 15 is 0 Å². The van der Waals surface area contributed by atoms with E-state index in [-0.39, 0.29) is 10.6 Å². The van der Waals surface area contributed by atoms with Gasteiger partial charge in [0.15, 0.2) is 0 Å². The van der Waals surface area contributed by atoms with Crippen LogP contribution < -0.4 is 9.46 Å². The lowest BCUT2D eigenvalue weighted by atomic mass is 10.1. The second-order valence-electron chi connectivity index (χ2n) is 7.63. The highest BCUT2D eigenvalue weighted by Crippen LogP contribution is 2.30. The number of hydrogen-bond acceptors (Lipinski definition) is 7.